The first-order valence-corrected chi connectivity index (χ1v) is 14.7. The first-order valence-electron chi connectivity index (χ1n) is 13.1. The Hall–Kier alpha value is -4.40. The molecule has 0 atom stereocenters. The number of oxazole rings is 1. The number of methoxy groups -OCH3 is 1. The van der Waals surface area contributed by atoms with Crippen molar-refractivity contribution in [2.24, 2.45) is 4.99 Å². The summed E-state index contributed by atoms with van der Waals surface area (Å²) in [7, 11) is 1.33. The first-order chi connectivity index (χ1) is 20.4. The first kappa shape index (κ1) is 27.8. The molecule has 6 aromatic rings. The molecule has 0 radical (unpaired) electrons. The fraction of sp³-hybridized carbons (Fsp3) is 0.0588. The van der Waals surface area contributed by atoms with Crippen molar-refractivity contribution in [3.05, 3.63) is 134 Å². The van der Waals surface area contributed by atoms with Crippen LogP contribution in [0.3, 0.4) is 0 Å². The summed E-state index contributed by atoms with van der Waals surface area (Å²) in [4.78, 5) is 17.3. The molecule has 0 amide bonds. The summed E-state index contributed by atoms with van der Waals surface area (Å²) in [6.07, 6.45) is 3.70. The van der Waals surface area contributed by atoms with E-state index in [-0.39, 0.29) is 11.2 Å². The standard InChI is InChI=1S/C34H25Br2N3O3/c1-4-16-38-21(2)31(42-34(38)37-32-27(33(40)41-3)19-23(35)20-28(32)36)18-22-14-15-30-26(17-22)25-12-8-9-13-29(25)39(30)24-10-6-5-7-11-24/h4-15,17-20H,1-2,16H2,3H3/b31-18+,37-34?. The third-order valence-corrected chi connectivity index (χ3v) is 8.07. The second-order valence-corrected chi connectivity index (χ2v) is 11.4. The van der Waals surface area contributed by atoms with Crippen molar-refractivity contribution in [1.29, 1.82) is 0 Å². The van der Waals surface area contributed by atoms with E-state index in [2.05, 4.69) is 104 Å². The van der Waals surface area contributed by atoms with Gasteiger partial charge in [-0.05, 0) is 70.0 Å². The number of carbonyl (C=O) groups is 1. The SMILES string of the molecule is C=CCn1c(=Nc2c(Br)cc(Br)cc2C(=O)OC)o/c(=C/c2ccc3c(c2)c2ccccc2n3-c2ccccc2)c1=C. The molecule has 2 aromatic heterocycles. The van der Waals surface area contributed by atoms with Crippen LogP contribution in [0.2, 0.25) is 0 Å². The predicted octanol–water partition coefficient (Wildman–Crippen LogP) is 7.15. The minimum atomic E-state index is -0.512. The van der Waals surface area contributed by atoms with Crippen molar-refractivity contribution in [1.82, 2.24) is 9.13 Å². The van der Waals surface area contributed by atoms with Crippen LogP contribution in [0.15, 0.2) is 116 Å². The van der Waals surface area contributed by atoms with Gasteiger partial charge in [-0.25, -0.2) is 4.79 Å². The highest BCUT2D eigenvalue weighted by Gasteiger charge is 2.17. The molecule has 42 heavy (non-hydrogen) atoms. The van der Waals surface area contributed by atoms with E-state index in [0.29, 0.717) is 31.9 Å². The number of para-hydroxylation sites is 2. The van der Waals surface area contributed by atoms with Crippen LogP contribution in [0.5, 0.6) is 0 Å². The van der Waals surface area contributed by atoms with Crippen molar-refractivity contribution in [3.8, 4) is 5.69 Å². The molecule has 6 nitrogen and oxygen atoms in total. The quantitative estimate of drug-likeness (QED) is 0.139. The molecule has 0 aliphatic heterocycles. The number of carbonyl (C=O) groups excluding carboxylic acids is 1. The number of allylic oxidation sites excluding steroid dienone is 1. The molecule has 0 aliphatic rings. The summed E-state index contributed by atoms with van der Waals surface area (Å²) in [5.74, 6) is -0.512. The van der Waals surface area contributed by atoms with Crippen molar-refractivity contribution in [2.45, 2.75) is 6.54 Å². The van der Waals surface area contributed by atoms with Gasteiger partial charge in [-0.15, -0.1) is 6.58 Å². The normalized spacial score (nSPS) is 12.4. The maximum absolute atomic E-state index is 12.5. The molecule has 208 valence electrons. The van der Waals surface area contributed by atoms with E-state index < -0.39 is 5.97 Å². The molecule has 0 fully saturated rings. The molecule has 6 rings (SSSR count). The Bertz CT molecular complexity index is 2190. The van der Waals surface area contributed by atoms with E-state index in [0.717, 1.165) is 33.1 Å². The van der Waals surface area contributed by atoms with Gasteiger partial charge in [0.1, 0.15) is 0 Å². The van der Waals surface area contributed by atoms with Crippen LogP contribution in [-0.2, 0) is 11.3 Å². The van der Waals surface area contributed by atoms with Gasteiger partial charge in [-0.3, -0.25) is 4.57 Å². The van der Waals surface area contributed by atoms with Crippen LogP contribution in [-0.4, -0.2) is 22.2 Å². The number of hydrogen-bond acceptors (Lipinski definition) is 4. The zero-order chi connectivity index (χ0) is 29.4. The summed E-state index contributed by atoms with van der Waals surface area (Å²) >= 11 is 6.96. The van der Waals surface area contributed by atoms with Crippen LogP contribution in [0.1, 0.15) is 15.9 Å². The Morgan fingerprint density at radius 1 is 0.976 bits per heavy atom. The lowest BCUT2D eigenvalue weighted by molar-refractivity contribution is 0.0601. The summed E-state index contributed by atoms with van der Waals surface area (Å²) in [6, 6.07) is 28.6. The predicted molar refractivity (Wildman–Crippen MR) is 174 cm³/mol. The number of fused-ring (bicyclic) bond motifs is 3. The third-order valence-electron chi connectivity index (χ3n) is 7.00. The molecular weight excluding hydrogens is 658 g/mol. The van der Waals surface area contributed by atoms with E-state index in [4.69, 9.17) is 14.1 Å². The fourth-order valence-corrected chi connectivity index (χ4v) is 6.42. The van der Waals surface area contributed by atoms with E-state index in [1.54, 1.807) is 12.1 Å². The van der Waals surface area contributed by atoms with Gasteiger partial charge in [0.25, 0.3) is 0 Å². The highest BCUT2D eigenvalue weighted by molar-refractivity contribution is 9.11. The van der Waals surface area contributed by atoms with Crippen LogP contribution in [0.4, 0.5) is 5.69 Å². The Balaban J connectivity index is 1.55. The number of esters is 1. The smallest absolute Gasteiger partial charge is 0.340 e. The van der Waals surface area contributed by atoms with Crippen LogP contribution in [0.25, 0.3) is 40.1 Å². The van der Waals surface area contributed by atoms with Crippen molar-refractivity contribution < 1.29 is 13.9 Å². The maximum Gasteiger partial charge on any atom is 0.340 e. The van der Waals surface area contributed by atoms with Crippen LogP contribution >= 0.6 is 31.9 Å². The van der Waals surface area contributed by atoms with Gasteiger partial charge in [0.15, 0.2) is 5.42 Å². The molecule has 0 aliphatic carbocycles. The average molecular weight is 683 g/mol. The van der Waals surface area contributed by atoms with E-state index in [9.17, 15) is 4.79 Å². The minimum absolute atomic E-state index is 0.279. The Kier molecular flexibility index (Phi) is 7.58. The Morgan fingerprint density at radius 3 is 2.48 bits per heavy atom. The zero-order valence-corrected chi connectivity index (χ0v) is 25.9. The van der Waals surface area contributed by atoms with Gasteiger partial charge < -0.3 is 13.7 Å². The van der Waals surface area contributed by atoms with E-state index >= 15 is 0 Å². The summed E-state index contributed by atoms with van der Waals surface area (Å²) in [6.45, 7) is 8.58. The van der Waals surface area contributed by atoms with E-state index in [1.807, 2.05) is 34.9 Å². The van der Waals surface area contributed by atoms with Gasteiger partial charge in [0, 0.05) is 32.0 Å². The molecule has 0 N–H and O–H groups in total. The molecule has 4 aromatic carbocycles. The van der Waals surface area contributed by atoms with Gasteiger partial charge in [0.2, 0.25) is 0 Å². The van der Waals surface area contributed by atoms with Gasteiger partial charge in [0.05, 0.1) is 34.7 Å². The second kappa shape index (κ2) is 11.5. The molecule has 0 bridgehead atoms. The zero-order valence-electron chi connectivity index (χ0n) is 22.7. The molecule has 8 heteroatoms. The number of rotatable bonds is 6. The molecule has 0 spiro atoms. The molecule has 0 saturated heterocycles. The van der Waals surface area contributed by atoms with Crippen molar-refractivity contribution in [2.75, 3.05) is 7.11 Å². The lowest BCUT2D eigenvalue weighted by atomic mass is 10.1. The Morgan fingerprint density at radius 2 is 1.71 bits per heavy atom. The average Bonchev–Trinajstić information content (AvgIpc) is 3.48. The van der Waals surface area contributed by atoms with Crippen LogP contribution in [0, 0.1) is 0 Å². The highest BCUT2D eigenvalue weighted by atomic mass is 79.9. The fourth-order valence-electron chi connectivity index (χ4n) is 5.10. The number of ether oxygens (including phenoxy) is 1. The lowest BCUT2D eigenvalue weighted by Gasteiger charge is -2.07. The van der Waals surface area contributed by atoms with Crippen molar-refractivity contribution in [3.63, 3.8) is 0 Å². The highest BCUT2D eigenvalue weighted by Crippen LogP contribution is 2.34. The topological polar surface area (TPSA) is 61.7 Å². The van der Waals surface area contributed by atoms with Crippen LogP contribution < -0.4 is 16.4 Å². The second-order valence-electron chi connectivity index (χ2n) is 9.59. The van der Waals surface area contributed by atoms with Gasteiger partial charge in [-0.1, -0.05) is 71.0 Å². The van der Waals surface area contributed by atoms with Gasteiger partial charge >= 0.3 is 11.7 Å². The number of benzene rings is 4. The third kappa shape index (κ3) is 4.97. The number of aromatic nitrogens is 2. The molecule has 0 unspecified atom stereocenters. The van der Waals surface area contributed by atoms with E-state index in [1.165, 1.54) is 7.11 Å². The molecule has 0 saturated carbocycles. The summed E-state index contributed by atoms with van der Waals surface area (Å²) < 4.78 is 16.7. The largest absolute Gasteiger partial charge is 0.465 e. The monoisotopic (exact) mass is 681 g/mol. The number of hydrogen-bond donors (Lipinski definition) is 0. The lowest BCUT2D eigenvalue weighted by Crippen LogP contribution is -2.30. The minimum Gasteiger partial charge on any atom is -0.465 e. The number of halogens is 2. The maximum atomic E-state index is 12.5. The molecular formula is C34H25Br2N3O3. The summed E-state index contributed by atoms with van der Waals surface area (Å²) in [5.41, 5.74) is 5.81. The summed E-state index contributed by atoms with van der Waals surface area (Å²) in [5, 5.41) is 2.92. The number of nitrogens with zero attached hydrogens (tertiary/aromatic N) is 3. The molecule has 2 heterocycles. The van der Waals surface area contributed by atoms with Crippen molar-refractivity contribution >= 4 is 78.0 Å². The van der Waals surface area contributed by atoms with Gasteiger partial charge in [-0.2, -0.15) is 4.99 Å². The Labute approximate surface area is 258 Å².